The maximum Gasteiger partial charge on any atom is 0.240 e. The Balaban J connectivity index is 1.78. The summed E-state index contributed by atoms with van der Waals surface area (Å²) in [4.78, 5) is 24.0. The van der Waals surface area contributed by atoms with E-state index in [9.17, 15) is 9.59 Å². The van der Waals surface area contributed by atoms with Crippen molar-refractivity contribution in [2.45, 2.75) is 33.6 Å². The normalized spacial score (nSPS) is 10.5. The Morgan fingerprint density at radius 2 is 1.48 bits per heavy atom. The number of nitrogens with one attached hydrogen (secondary N) is 2. The van der Waals surface area contributed by atoms with Crippen molar-refractivity contribution in [3.8, 4) is 17.2 Å². The van der Waals surface area contributed by atoms with Crippen molar-refractivity contribution in [3.63, 3.8) is 0 Å². The molecular weight excluding hydrogens is 398 g/mol. The molecule has 0 saturated heterocycles. The zero-order valence-electron chi connectivity index (χ0n) is 18.1. The lowest BCUT2D eigenvalue weighted by molar-refractivity contribution is -0.124. The Kier molecular flexibility index (Phi) is 9.87. The van der Waals surface area contributed by atoms with Gasteiger partial charge in [-0.2, -0.15) is 5.10 Å². The van der Waals surface area contributed by atoms with E-state index in [-0.39, 0.29) is 24.7 Å². The minimum absolute atomic E-state index is 0.0215. The summed E-state index contributed by atoms with van der Waals surface area (Å²) in [5, 5.41) is 6.68. The van der Waals surface area contributed by atoms with Gasteiger partial charge in [-0.25, -0.2) is 5.43 Å². The van der Waals surface area contributed by atoms with Crippen molar-refractivity contribution in [1.82, 2.24) is 5.43 Å². The monoisotopic (exact) mass is 427 g/mol. The molecule has 2 aromatic carbocycles. The molecule has 0 saturated carbocycles. The molecule has 0 radical (unpaired) electrons. The SMILES string of the molecule is CCOc1ccc(NC(=O)CCC(=O)NN=Cc2ccc(OCC)c(OCC)c2)cc1. The van der Waals surface area contributed by atoms with Crippen LogP contribution in [0.1, 0.15) is 39.2 Å². The maximum atomic E-state index is 12.0. The van der Waals surface area contributed by atoms with Crippen LogP contribution >= 0.6 is 0 Å². The molecule has 0 bridgehead atoms. The predicted molar refractivity (Wildman–Crippen MR) is 120 cm³/mol. The number of hydrogen-bond donors (Lipinski definition) is 2. The number of hydrazone groups is 1. The van der Waals surface area contributed by atoms with Crippen LogP contribution in [0.25, 0.3) is 0 Å². The van der Waals surface area contributed by atoms with Gasteiger partial charge in [0.05, 0.1) is 26.0 Å². The summed E-state index contributed by atoms with van der Waals surface area (Å²) in [6, 6.07) is 12.4. The molecule has 31 heavy (non-hydrogen) atoms. The number of carbonyl (C=O) groups is 2. The number of anilines is 1. The van der Waals surface area contributed by atoms with Gasteiger partial charge in [-0.1, -0.05) is 0 Å². The summed E-state index contributed by atoms with van der Waals surface area (Å²) < 4.78 is 16.4. The summed E-state index contributed by atoms with van der Waals surface area (Å²) in [6.45, 7) is 7.32. The van der Waals surface area contributed by atoms with Gasteiger partial charge in [-0.15, -0.1) is 0 Å². The fraction of sp³-hybridized carbons (Fsp3) is 0.348. The molecule has 0 atom stereocenters. The van der Waals surface area contributed by atoms with Gasteiger partial charge in [-0.3, -0.25) is 9.59 Å². The zero-order chi connectivity index (χ0) is 22.5. The van der Waals surface area contributed by atoms with Gasteiger partial charge in [0.25, 0.3) is 0 Å². The van der Waals surface area contributed by atoms with E-state index in [4.69, 9.17) is 14.2 Å². The van der Waals surface area contributed by atoms with Crippen LogP contribution in [0.3, 0.4) is 0 Å². The first-order valence-electron chi connectivity index (χ1n) is 10.3. The van der Waals surface area contributed by atoms with E-state index in [2.05, 4.69) is 15.8 Å². The highest BCUT2D eigenvalue weighted by molar-refractivity contribution is 5.93. The summed E-state index contributed by atoms with van der Waals surface area (Å²) >= 11 is 0. The van der Waals surface area contributed by atoms with Crippen molar-refractivity contribution in [3.05, 3.63) is 48.0 Å². The molecule has 0 aliphatic rings. The molecule has 166 valence electrons. The minimum Gasteiger partial charge on any atom is -0.494 e. The molecule has 0 aliphatic heterocycles. The number of carbonyl (C=O) groups excluding carboxylic acids is 2. The van der Waals surface area contributed by atoms with Gasteiger partial charge in [-0.05, 0) is 68.8 Å². The first-order valence-corrected chi connectivity index (χ1v) is 10.3. The molecule has 8 heteroatoms. The topological polar surface area (TPSA) is 98.2 Å². The maximum absolute atomic E-state index is 12.0. The molecule has 2 amide bonds. The molecule has 0 spiro atoms. The molecule has 2 rings (SSSR count). The van der Waals surface area contributed by atoms with Crippen LogP contribution in [0, 0.1) is 0 Å². The van der Waals surface area contributed by atoms with Gasteiger partial charge in [0.2, 0.25) is 11.8 Å². The first-order chi connectivity index (χ1) is 15.0. The van der Waals surface area contributed by atoms with E-state index < -0.39 is 0 Å². The number of benzene rings is 2. The van der Waals surface area contributed by atoms with Crippen LogP contribution in [0.5, 0.6) is 17.2 Å². The van der Waals surface area contributed by atoms with E-state index in [0.717, 1.165) is 11.3 Å². The van der Waals surface area contributed by atoms with Gasteiger partial charge < -0.3 is 19.5 Å². The van der Waals surface area contributed by atoms with E-state index in [0.29, 0.717) is 37.0 Å². The van der Waals surface area contributed by atoms with Crippen LogP contribution in [0.15, 0.2) is 47.6 Å². The number of hydrogen-bond acceptors (Lipinski definition) is 6. The summed E-state index contributed by atoms with van der Waals surface area (Å²) in [5.74, 6) is 1.40. The first kappa shape index (κ1) is 23.7. The largest absolute Gasteiger partial charge is 0.494 e. The second-order valence-corrected chi connectivity index (χ2v) is 6.37. The third-order valence-electron chi connectivity index (χ3n) is 4.00. The molecular formula is C23H29N3O5. The van der Waals surface area contributed by atoms with E-state index in [1.54, 1.807) is 36.4 Å². The van der Waals surface area contributed by atoms with Crippen molar-refractivity contribution in [2.75, 3.05) is 25.1 Å². The standard InChI is InChI=1S/C23H29N3O5/c1-4-29-19-10-8-18(9-11-19)25-22(27)13-14-23(28)26-24-16-17-7-12-20(30-5-2)21(15-17)31-6-3/h7-12,15-16H,4-6,13-14H2,1-3H3,(H,25,27)(H,26,28). The Bertz CT molecular complexity index is 881. The Morgan fingerprint density at radius 1 is 0.839 bits per heavy atom. The lowest BCUT2D eigenvalue weighted by atomic mass is 10.2. The van der Waals surface area contributed by atoms with Crippen LogP contribution in [-0.2, 0) is 9.59 Å². The molecule has 2 aromatic rings. The Morgan fingerprint density at radius 3 is 2.16 bits per heavy atom. The van der Waals surface area contributed by atoms with Gasteiger partial charge in [0, 0.05) is 18.5 Å². The third kappa shape index (κ3) is 8.38. The lowest BCUT2D eigenvalue weighted by Crippen LogP contribution is -2.20. The molecule has 0 fully saturated rings. The Labute approximate surface area is 182 Å². The quantitative estimate of drug-likeness (QED) is 0.397. The van der Waals surface area contributed by atoms with Crippen molar-refractivity contribution in [1.29, 1.82) is 0 Å². The molecule has 0 heterocycles. The summed E-state index contributed by atoms with van der Waals surface area (Å²) in [7, 11) is 0. The van der Waals surface area contributed by atoms with E-state index in [1.165, 1.54) is 6.21 Å². The van der Waals surface area contributed by atoms with Crippen molar-refractivity contribution >= 4 is 23.7 Å². The number of amides is 2. The van der Waals surface area contributed by atoms with Crippen LogP contribution in [-0.4, -0.2) is 37.8 Å². The number of rotatable bonds is 12. The smallest absolute Gasteiger partial charge is 0.240 e. The molecule has 0 unspecified atom stereocenters. The second kappa shape index (κ2) is 12.9. The molecule has 2 N–H and O–H groups in total. The average molecular weight is 428 g/mol. The highest BCUT2D eigenvalue weighted by atomic mass is 16.5. The lowest BCUT2D eigenvalue weighted by Gasteiger charge is -2.11. The van der Waals surface area contributed by atoms with E-state index in [1.807, 2.05) is 26.8 Å². The van der Waals surface area contributed by atoms with Gasteiger partial charge >= 0.3 is 0 Å². The van der Waals surface area contributed by atoms with Crippen molar-refractivity contribution in [2.24, 2.45) is 5.10 Å². The minimum atomic E-state index is -0.353. The molecule has 0 aromatic heterocycles. The zero-order valence-corrected chi connectivity index (χ0v) is 18.1. The van der Waals surface area contributed by atoms with Crippen LogP contribution in [0.4, 0.5) is 5.69 Å². The predicted octanol–water partition coefficient (Wildman–Crippen LogP) is 3.75. The van der Waals surface area contributed by atoms with Crippen LogP contribution < -0.4 is 25.0 Å². The summed E-state index contributed by atoms with van der Waals surface area (Å²) in [5.41, 5.74) is 3.82. The van der Waals surface area contributed by atoms with Gasteiger partial charge in [0.15, 0.2) is 11.5 Å². The average Bonchev–Trinajstić information content (AvgIpc) is 2.76. The van der Waals surface area contributed by atoms with Crippen molar-refractivity contribution < 1.29 is 23.8 Å². The van der Waals surface area contributed by atoms with Gasteiger partial charge in [0.1, 0.15) is 5.75 Å². The second-order valence-electron chi connectivity index (χ2n) is 6.37. The fourth-order valence-electron chi connectivity index (χ4n) is 2.63. The molecule has 8 nitrogen and oxygen atoms in total. The molecule has 0 aliphatic carbocycles. The van der Waals surface area contributed by atoms with E-state index >= 15 is 0 Å². The van der Waals surface area contributed by atoms with Crippen LogP contribution in [0.2, 0.25) is 0 Å². The Hall–Kier alpha value is -3.55. The summed E-state index contributed by atoms with van der Waals surface area (Å²) in [6.07, 6.45) is 1.58. The number of nitrogens with zero attached hydrogens (tertiary/aromatic N) is 1. The third-order valence-corrected chi connectivity index (χ3v) is 4.00. The highest BCUT2D eigenvalue weighted by Gasteiger charge is 2.08. The number of ether oxygens (including phenoxy) is 3. The fourth-order valence-corrected chi connectivity index (χ4v) is 2.63. The highest BCUT2D eigenvalue weighted by Crippen LogP contribution is 2.28.